The van der Waals surface area contributed by atoms with Gasteiger partial charge in [0, 0.05) is 37.2 Å². The fourth-order valence-electron chi connectivity index (χ4n) is 8.89. The molecular weight excluding hydrogens is 659 g/mol. The first-order chi connectivity index (χ1) is 27.1. The Morgan fingerprint density at radius 3 is 1.60 bits per heavy atom. The lowest BCUT2D eigenvalue weighted by Gasteiger charge is -2.32. The molecule has 248 valence electrons. The van der Waals surface area contributed by atoms with Gasteiger partial charge in [-0.05, 0) is 110 Å². The van der Waals surface area contributed by atoms with Gasteiger partial charge in [0.2, 0.25) is 0 Å². The molecule has 1 aromatic heterocycles. The number of para-hydroxylation sites is 1. The lowest BCUT2D eigenvalue weighted by molar-refractivity contribution is 0.793. The van der Waals surface area contributed by atoms with Crippen LogP contribution in [-0.2, 0) is 5.41 Å². The monoisotopic (exact) mass is 693 g/mol. The van der Waals surface area contributed by atoms with Crippen molar-refractivity contribution < 1.29 is 2.74 Å². The van der Waals surface area contributed by atoms with E-state index in [9.17, 15) is 0 Å². The minimum absolute atomic E-state index is 0.201. The summed E-state index contributed by atoms with van der Waals surface area (Å²) in [6.07, 6.45) is 0. The Kier molecular flexibility index (Phi) is 6.26. The van der Waals surface area contributed by atoms with Crippen molar-refractivity contribution in [1.29, 1.82) is 0 Å². The summed E-state index contributed by atoms with van der Waals surface area (Å²) < 4.78 is 20.7. The SMILES string of the molecule is [2H]/C(=C(/[2H])c1ccc2sc3ccccc3c2c1)c1ccc(N(c2ccccc2)c2ccc3c(c2)C2(c4ccccc4-c4ccccc42)c2ccccc2-3)cc1. The lowest BCUT2D eigenvalue weighted by Crippen LogP contribution is -2.26. The van der Waals surface area contributed by atoms with Gasteiger partial charge in [0.25, 0.3) is 0 Å². The molecule has 0 unspecified atom stereocenters. The van der Waals surface area contributed by atoms with Crippen LogP contribution in [0.25, 0.3) is 54.5 Å². The van der Waals surface area contributed by atoms with Gasteiger partial charge in [0.15, 0.2) is 0 Å². The number of rotatable bonds is 5. The zero-order valence-electron chi connectivity index (χ0n) is 30.8. The lowest BCUT2D eigenvalue weighted by atomic mass is 9.70. The standard InChI is InChI=1S/C51H33NS/c1-2-12-36(13-3-1)52(37-27-24-34(25-28-37)22-23-35-26-31-50-44(32-35)43-17-7-11-21-49(43)53-50)38-29-30-42-41-16-6-10-20-47(41)51(48(42)33-38)45-18-8-4-14-39(45)40-15-5-9-19-46(40)51/h1-33H/b23-22+/i22D,23D. The van der Waals surface area contributed by atoms with Gasteiger partial charge in [-0.25, -0.2) is 0 Å². The second kappa shape index (κ2) is 11.8. The minimum atomic E-state index is -0.435. The molecule has 0 atom stereocenters. The molecule has 0 radical (unpaired) electrons. The number of fused-ring (bicyclic) bond motifs is 13. The van der Waals surface area contributed by atoms with Gasteiger partial charge in [0.1, 0.15) is 0 Å². The van der Waals surface area contributed by atoms with Crippen LogP contribution in [-0.4, -0.2) is 0 Å². The van der Waals surface area contributed by atoms with E-state index in [1.54, 1.807) is 11.3 Å². The van der Waals surface area contributed by atoms with E-state index in [1.807, 2.05) is 18.2 Å². The molecule has 2 aliphatic rings. The van der Waals surface area contributed by atoms with E-state index >= 15 is 0 Å². The average Bonchev–Trinajstić information content (AvgIpc) is 3.87. The van der Waals surface area contributed by atoms with Crippen LogP contribution in [0, 0.1) is 0 Å². The molecule has 9 aromatic rings. The van der Waals surface area contributed by atoms with E-state index in [0.717, 1.165) is 28.0 Å². The van der Waals surface area contributed by atoms with Crippen molar-refractivity contribution >= 4 is 60.7 Å². The summed E-state index contributed by atoms with van der Waals surface area (Å²) in [6.45, 7) is 0. The summed E-state index contributed by atoms with van der Waals surface area (Å²) in [4.78, 5) is 2.30. The number of hydrogen-bond acceptors (Lipinski definition) is 2. The normalized spacial score (nSPS) is 14.3. The Morgan fingerprint density at radius 1 is 0.396 bits per heavy atom. The van der Waals surface area contributed by atoms with Gasteiger partial charge in [0.05, 0.1) is 8.16 Å². The van der Waals surface area contributed by atoms with Gasteiger partial charge in [-0.15, -0.1) is 11.3 Å². The van der Waals surface area contributed by atoms with Gasteiger partial charge < -0.3 is 4.90 Å². The van der Waals surface area contributed by atoms with Crippen LogP contribution >= 0.6 is 11.3 Å². The van der Waals surface area contributed by atoms with E-state index in [2.05, 4.69) is 175 Å². The number of thiophene rings is 1. The molecule has 2 aliphatic carbocycles. The average molecular weight is 694 g/mol. The first-order valence-corrected chi connectivity index (χ1v) is 18.9. The molecule has 8 aromatic carbocycles. The van der Waals surface area contributed by atoms with E-state index in [4.69, 9.17) is 2.74 Å². The Labute approximate surface area is 316 Å². The fourth-order valence-corrected chi connectivity index (χ4v) is 9.97. The zero-order valence-corrected chi connectivity index (χ0v) is 29.6. The highest BCUT2D eigenvalue weighted by Gasteiger charge is 2.51. The molecule has 0 amide bonds. The van der Waals surface area contributed by atoms with Crippen molar-refractivity contribution in [1.82, 2.24) is 0 Å². The van der Waals surface area contributed by atoms with E-state index in [-0.39, 0.29) is 12.1 Å². The van der Waals surface area contributed by atoms with Crippen LogP contribution in [0.5, 0.6) is 0 Å². The molecule has 11 rings (SSSR count). The van der Waals surface area contributed by atoms with Gasteiger partial charge in [-0.3, -0.25) is 0 Å². The molecule has 0 fully saturated rings. The van der Waals surface area contributed by atoms with Crippen LogP contribution in [0.15, 0.2) is 188 Å². The smallest absolute Gasteiger partial charge is 0.0726 e. The van der Waals surface area contributed by atoms with E-state index < -0.39 is 5.41 Å². The molecule has 1 heterocycles. The highest BCUT2D eigenvalue weighted by Crippen LogP contribution is 2.63. The van der Waals surface area contributed by atoms with Gasteiger partial charge in [-0.1, -0.05) is 146 Å². The highest BCUT2D eigenvalue weighted by atomic mass is 32.1. The quantitative estimate of drug-likeness (QED) is 0.162. The summed E-state index contributed by atoms with van der Waals surface area (Å²) in [6, 6.07) is 67.2. The van der Waals surface area contributed by atoms with Crippen molar-refractivity contribution in [2.24, 2.45) is 0 Å². The second-order valence-corrected chi connectivity index (χ2v) is 15.0. The molecular formula is C51H33NS. The van der Waals surface area contributed by atoms with Crippen LogP contribution in [0.4, 0.5) is 17.1 Å². The number of benzene rings is 8. The van der Waals surface area contributed by atoms with Crippen LogP contribution in [0.2, 0.25) is 0 Å². The summed E-state index contributed by atoms with van der Waals surface area (Å²) in [5.41, 5.74) is 14.5. The molecule has 0 N–H and O–H groups in total. The van der Waals surface area contributed by atoms with Gasteiger partial charge in [-0.2, -0.15) is 0 Å². The number of hydrogen-bond donors (Lipinski definition) is 0. The third-order valence-electron chi connectivity index (χ3n) is 11.1. The molecule has 1 spiro atoms. The van der Waals surface area contributed by atoms with Crippen LogP contribution in [0.1, 0.15) is 36.1 Å². The van der Waals surface area contributed by atoms with Crippen molar-refractivity contribution in [3.8, 4) is 22.3 Å². The van der Waals surface area contributed by atoms with Gasteiger partial charge >= 0.3 is 0 Å². The minimum Gasteiger partial charge on any atom is -0.310 e. The molecule has 53 heavy (non-hydrogen) atoms. The molecule has 0 aliphatic heterocycles. The first-order valence-electron chi connectivity index (χ1n) is 19.1. The first kappa shape index (κ1) is 28.1. The summed E-state index contributed by atoms with van der Waals surface area (Å²) in [7, 11) is 0. The maximum Gasteiger partial charge on any atom is 0.0726 e. The summed E-state index contributed by atoms with van der Waals surface area (Å²) >= 11 is 1.76. The van der Waals surface area contributed by atoms with Crippen molar-refractivity contribution in [3.05, 3.63) is 221 Å². The Morgan fingerprint density at radius 2 is 0.906 bits per heavy atom. The Bertz CT molecular complexity index is 2950. The van der Waals surface area contributed by atoms with E-state index in [1.165, 1.54) is 59.3 Å². The Balaban J connectivity index is 1.04. The molecule has 0 saturated carbocycles. The number of anilines is 3. The van der Waals surface area contributed by atoms with Crippen LogP contribution < -0.4 is 4.90 Å². The topological polar surface area (TPSA) is 3.24 Å². The summed E-state index contributed by atoms with van der Waals surface area (Å²) in [5.74, 6) is 0. The zero-order chi connectivity index (χ0) is 36.7. The molecule has 1 nitrogen and oxygen atoms in total. The molecule has 0 bridgehead atoms. The summed E-state index contributed by atoms with van der Waals surface area (Å²) in [5, 5.41) is 2.32. The molecule has 0 saturated heterocycles. The largest absolute Gasteiger partial charge is 0.310 e. The van der Waals surface area contributed by atoms with Crippen molar-refractivity contribution in [2.45, 2.75) is 5.41 Å². The maximum atomic E-state index is 9.14. The maximum absolute atomic E-state index is 9.14. The van der Waals surface area contributed by atoms with Crippen molar-refractivity contribution in [2.75, 3.05) is 4.90 Å². The van der Waals surface area contributed by atoms with E-state index in [0.29, 0.717) is 5.56 Å². The van der Waals surface area contributed by atoms with Crippen LogP contribution in [0.3, 0.4) is 0 Å². The number of nitrogens with zero attached hydrogens (tertiary/aromatic N) is 1. The third kappa shape index (κ3) is 4.49. The Hall–Kier alpha value is -6.48. The highest BCUT2D eigenvalue weighted by molar-refractivity contribution is 7.25. The second-order valence-electron chi connectivity index (χ2n) is 13.9. The predicted molar refractivity (Wildman–Crippen MR) is 226 cm³/mol. The predicted octanol–water partition coefficient (Wildman–Crippen LogP) is 14.0. The third-order valence-corrected chi connectivity index (χ3v) is 12.3. The fraction of sp³-hybridized carbons (Fsp3) is 0.0196. The molecule has 2 heteroatoms. The van der Waals surface area contributed by atoms with Crippen molar-refractivity contribution in [3.63, 3.8) is 0 Å².